The molecule has 0 unspecified atom stereocenters. The van der Waals surface area contributed by atoms with Crippen molar-refractivity contribution in [3.8, 4) is 0 Å². The Kier molecular flexibility index (Phi) is 2.14. The van der Waals surface area contributed by atoms with Crippen molar-refractivity contribution in [2.45, 2.75) is 6.42 Å². The van der Waals surface area contributed by atoms with Crippen molar-refractivity contribution in [2.24, 2.45) is 0 Å². The Hall–Kier alpha value is -2.16. The highest BCUT2D eigenvalue weighted by molar-refractivity contribution is 5.85. The van der Waals surface area contributed by atoms with E-state index in [1.165, 1.54) is 22.7 Å². The Morgan fingerprint density at radius 2 is 1.88 bits per heavy atom. The van der Waals surface area contributed by atoms with Crippen LogP contribution in [0.3, 0.4) is 0 Å². The summed E-state index contributed by atoms with van der Waals surface area (Å²) in [5.74, 6) is 0.649. The Balaban J connectivity index is 2.10. The molecule has 0 aliphatic rings. The van der Waals surface area contributed by atoms with Crippen LogP contribution in [-0.4, -0.2) is 10.2 Å². The third kappa shape index (κ3) is 1.56. The second kappa shape index (κ2) is 3.77. The van der Waals surface area contributed by atoms with Crippen molar-refractivity contribution in [1.82, 2.24) is 10.2 Å². The smallest absolute Gasteiger partial charge is 0.220 e. The molecule has 3 nitrogen and oxygen atoms in total. The lowest BCUT2D eigenvalue weighted by Crippen LogP contribution is -1.90. The summed E-state index contributed by atoms with van der Waals surface area (Å²) in [6.45, 7) is 0. The highest BCUT2D eigenvalue weighted by atomic mass is 16.4. The minimum Gasteiger partial charge on any atom is -0.428 e. The maximum atomic E-state index is 5.16. The molecule has 0 spiro atoms. The summed E-state index contributed by atoms with van der Waals surface area (Å²) < 4.78 is 5.16. The highest BCUT2D eigenvalue weighted by Crippen LogP contribution is 2.20. The third-order valence-corrected chi connectivity index (χ3v) is 2.63. The van der Waals surface area contributed by atoms with E-state index < -0.39 is 0 Å². The van der Waals surface area contributed by atoms with Gasteiger partial charge in [0, 0.05) is 0 Å². The zero-order valence-electron chi connectivity index (χ0n) is 8.63. The summed E-state index contributed by atoms with van der Waals surface area (Å²) in [6, 6.07) is 14.5. The largest absolute Gasteiger partial charge is 0.428 e. The first-order valence-corrected chi connectivity index (χ1v) is 5.15. The molecule has 0 saturated carbocycles. The van der Waals surface area contributed by atoms with Gasteiger partial charge >= 0.3 is 0 Å². The first-order chi connectivity index (χ1) is 7.93. The van der Waals surface area contributed by atoms with Crippen LogP contribution in [0, 0.1) is 0 Å². The van der Waals surface area contributed by atoms with Crippen LogP contribution in [-0.2, 0) is 6.42 Å². The summed E-state index contributed by atoms with van der Waals surface area (Å²) in [5.41, 5.74) is 1.21. The lowest BCUT2D eigenvalue weighted by atomic mass is 10.0. The van der Waals surface area contributed by atoms with Gasteiger partial charge in [0.1, 0.15) is 0 Å². The van der Waals surface area contributed by atoms with Crippen molar-refractivity contribution >= 4 is 10.8 Å². The molecule has 0 aliphatic heterocycles. The topological polar surface area (TPSA) is 38.9 Å². The van der Waals surface area contributed by atoms with Gasteiger partial charge in [-0.3, -0.25) is 0 Å². The number of aromatic nitrogens is 2. The van der Waals surface area contributed by atoms with Gasteiger partial charge in [0.25, 0.3) is 0 Å². The third-order valence-electron chi connectivity index (χ3n) is 2.63. The Labute approximate surface area is 92.7 Å². The molecule has 0 bridgehead atoms. The van der Waals surface area contributed by atoms with Gasteiger partial charge in [-0.1, -0.05) is 42.5 Å². The Morgan fingerprint density at radius 1 is 1.00 bits per heavy atom. The van der Waals surface area contributed by atoms with Gasteiger partial charge in [-0.05, 0) is 16.3 Å². The van der Waals surface area contributed by atoms with Crippen LogP contribution in [0.2, 0.25) is 0 Å². The van der Waals surface area contributed by atoms with E-state index in [2.05, 4.69) is 34.5 Å². The van der Waals surface area contributed by atoms with Gasteiger partial charge in [0.15, 0.2) is 0 Å². The minimum atomic E-state index is 0.649. The van der Waals surface area contributed by atoms with Crippen molar-refractivity contribution < 1.29 is 4.42 Å². The Morgan fingerprint density at radius 3 is 2.75 bits per heavy atom. The van der Waals surface area contributed by atoms with Gasteiger partial charge in [0.2, 0.25) is 12.3 Å². The molecule has 1 aromatic heterocycles. The maximum absolute atomic E-state index is 5.16. The molecule has 3 aromatic rings. The van der Waals surface area contributed by atoms with Crippen LogP contribution in [0.15, 0.2) is 53.3 Å². The molecule has 0 N–H and O–H groups in total. The molecular weight excluding hydrogens is 200 g/mol. The fourth-order valence-electron chi connectivity index (χ4n) is 1.88. The molecule has 0 aliphatic carbocycles. The van der Waals surface area contributed by atoms with Crippen LogP contribution in [0.1, 0.15) is 11.5 Å². The molecule has 0 fully saturated rings. The number of hydrogen-bond donors (Lipinski definition) is 0. The summed E-state index contributed by atoms with van der Waals surface area (Å²) in [6.07, 6.45) is 2.04. The van der Waals surface area contributed by atoms with Gasteiger partial charge < -0.3 is 4.42 Å². The fourth-order valence-corrected chi connectivity index (χ4v) is 1.88. The lowest BCUT2D eigenvalue weighted by molar-refractivity contribution is 0.505. The number of fused-ring (bicyclic) bond motifs is 1. The molecule has 0 saturated heterocycles. The Bertz CT molecular complexity index is 597. The normalized spacial score (nSPS) is 10.8. The average molecular weight is 210 g/mol. The molecule has 3 rings (SSSR count). The molecule has 2 aromatic carbocycles. The monoisotopic (exact) mass is 210 g/mol. The first-order valence-electron chi connectivity index (χ1n) is 5.15. The van der Waals surface area contributed by atoms with Crippen LogP contribution in [0.25, 0.3) is 10.8 Å². The van der Waals surface area contributed by atoms with E-state index in [-0.39, 0.29) is 0 Å². The predicted molar refractivity (Wildman–Crippen MR) is 61.1 cm³/mol. The summed E-state index contributed by atoms with van der Waals surface area (Å²) in [4.78, 5) is 0. The SMILES string of the molecule is c1ccc2c(Cc3nnco3)cccc2c1. The minimum absolute atomic E-state index is 0.649. The van der Waals surface area contributed by atoms with E-state index in [9.17, 15) is 0 Å². The van der Waals surface area contributed by atoms with Gasteiger partial charge in [-0.2, -0.15) is 0 Å². The molecular formula is C13H10N2O. The molecule has 78 valence electrons. The maximum Gasteiger partial charge on any atom is 0.220 e. The van der Waals surface area contributed by atoms with Crippen molar-refractivity contribution in [3.05, 3.63) is 60.3 Å². The summed E-state index contributed by atoms with van der Waals surface area (Å²) in [7, 11) is 0. The van der Waals surface area contributed by atoms with Crippen molar-refractivity contribution in [1.29, 1.82) is 0 Å². The summed E-state index contributed by atoms with van der Waals surface area (Å²) >= 11 is 0. The van der Waals surface area contributed by atoms with Crippen molar-refractivity contribution in [3.63, 3.8) is 0 Å². The van der Waals surface area contributed by atoms with Crippen LogP contribution in [0.4, 0.5) is 0 Å². The van der Waals surface area contributed by atoms with Gasteiger partial charge in [-0.25, -0.2) is 0 Å². The number of rotatable bonds is 2. The second-order valence-corrected chi connectivity index (χ2v) is 3.65. The van der Waals surface area contributed by atoms with E-state index in [1.54, 1.807) is 0 Å². The summed E-state index contributed by atoms with van der Waals surface area (Å²) in [5, 5.41) is 10.1. The first kappa shape index (κ1) is 9.09. The van der Waals surface area contributed by atoms with E-state index in [1.807, 2.05) is 18.2 Å². The van der Waals surface area contributed by atoms with Crippen molar-refractivity contribution in [2.75, 3.05) is 0 Å². The zero-order chi connectivity index (χ0) is 10.8. The van der Waals surface area contributed by atoms with Crippen LogP contribution in [0.5, 0.6) is 0 Å². The van der Waals surface area contributed by atoms with Gasteiger partial charge in [0.05, 0.1) is 6.42 Å². The molecule has 3 heteroatoms. The fraction of sp³-hybridized carbons (Fsp3) is 0.0769. The number of benzene rings is 2. The van der Waals surface area contributed by atoms with E-state index in [0.29, 0.717) is 12.3 Å². The standard InChI is InChI=1S/C13H10N2O/c1-2-7-12-10(4-1)5-3-6-11(12)8-13-15-14-9-16-13/h1-7,9H,8H2. The zero-order valence-corrected chi connectivity index (χ0v) is 8.63. The van der Waals surface area contributed by atoms with Gasteiger partial charge in [-0.15, -0.1) is 10.2 Å². The highest BCUT2D eigenvalue weighted by Gasteiger charge is 2.04. The van der Waals surface area contributed by atoms with Crippen LogP contribution >= 0.6 is 0 Å². The molecule has 0 atom stereocenters. The number of nitrogens with zero attached hydrogens (tertiary/aromatic N) is 2. The predicted octanol–water partition coefficient (Wildman–Crippen LogP) is 2.81. The molecule has 0 radical (unpaired) electrons. The molecule has 16 heavy (non-hydrogen) atoms. The van der Waals surface area contributed by atoms with E-state index in [4.69, 9.17) is 4.42 Å². The molecule has 1 heterocycles. The number of hydrogen-bond acceptors (Lipinski definition) is 3. The van der Waals surface area contributed by atoms with E-state index in [0.717, 1.165) is 0 Å². The van der Waals surface area contributed by atoms with Crippen LogP contribution < -0.4 is 0 Å². The quantitative estimate of drug-likeness (QED) is 0.652. The molecule has 0 amide bonds. The lowest BCUT2D eigenvalue weighted by Gasteiger charge is -2.03. The second-order valence-electron chi connectivity index (χ2n) is 3.65. The average Bonchev–Trinajstić information content (AvgIpc) is 2.82. The van der Waals surface area contributed by atoms with E-state index >= 15 is 0 Å².